The second-order valence-electron chi connectivity index (χ2n) is 4.98. The zero-order valence-corrected chi connectivity index (χ0v) is 13.7. The lowest BCUT2D eigenvalue weighted by atomic mass is 10.0. The van der Waals surface area contributed by atoms with Crippen molar-refractivity contribution < 1.29 is 14.3 Å². The number of aliphatic carboxylic acids is 1. The lowest BCUT2D eigenvalue weighted by Gasteiger charge is -2.10. The molecule has 2 N–H and O–H groups in total. The molecule has 3 rings (SSSR count). The Hall–Kier alpha value is -1.75. The van der Waals surface area contributed by atoms with Gasteiger partial charge in [-0.2, -0.15) is 0 Å². The van der Waals surface area contributed by atoms with Crippen LogP contribution in [0.2, 0.25) is 15.1 Å². The van der Waals surface area contributed by atoms with Crippen molar-refractivity contribution in [3.63, 3.8) is 0 Å². The molecule has 0 bridgehead atoms. The van der Waals surface area contributed by atoms with Gasteiger partial charge in [-0.05, 0) is 35.4 Å². The normalized spacial score (nSPS) is 11.1. The molecule has 0 saturated heterocycles. The van der Waals surface area contributed by atoms with Crippen LogP contribution in [0.3, 0.4) is 0 Å². The number of carbonyl (C=O) groups is 1. The second kappa shape index (κ2) is 6.04. The van der Waals surface area contributed by atoms with Crippen molar-refractivity contribution in [1.29, 1.82) is 0 Å². The number of fused-ring (bicyclic) bond motifs is 1. The average molecular weight is 373 g/mol. The number of carboxylic acid groups (broad SMARTS) is 1. The number of rotatable bonds is 3. The van der Waals surface area contributed by atoms with Crippen molar-refractivity contribution in [2.75, 3.05) is 0 Å². The predicted octanol–water partition coefficient (Wildman–Crippen LogP) is 5.56. The van der Waals surface area contributed by atoms with Crippen LogP contribution in [0.1, 0.15) is 5.56 Å². The van der Waals surface area contributed by atoms with Gasteiger partial charge in [-0.1, -0.05) is 34.8 Å². The molecule has 23 heavy (non-hydrogen) atoms. The summed E-state index contributed by atoms with van der Waals surface area (Å²) >= 11 is 18.3. The first-order chi connectivity index (χ1) is 10.9. The van der Waals surface area contributed by atoms with Gasteiger partial charge in [0.05, 0.1) is 16.5 Å². The number of H-pyrrole nitrogens is 1. The molecule has 7 heteroatoms. The molecule has 0 aliphatic heterocycles. The first kappa shape index (κ1) is 16.1. The van der Waals surface area contributed by atoms with Crippen LogP contribution in [0.15, 0.2) is 30.5 Å². The SMILES string of the molecule is O=C(O)Cc1c[nH]c2cc(-c3c(Cl)ccc(Cl)c3Cl)cc(F)c12. The van der Waals surface area contributed by atoms with E-state index in [-0.39, 0.29) is 16.8 Å². The summed E-state index contributed by atoms with van der Waals surface area (Å²) in [5.74, 6) is -1.59. The zero-order chi connectivity index (χ0) is 16.7. The summed E-state index contributed by atoms with van der Waals surface area (Å²) in [6.45, 7) is 0. The van der Waals surface area contributed by atoms with Gasteiger partial charge < -0.3 is 10.1 Å². The summed E-state index contributed by atoms with van der Waals surface area (Å²) in [5.41, 5.74) is 1.72. The Bertz CT molecular complexity index is 937. The molecule has 0 fully saturated rings. The minimum atomic E-state index is -1.03. The van der Waals surface area contributed by atoms with E-state index < -0.39 is 11.8 Å². The summed E-state index contributed by atoms with van der Waals surface area (Å²) in [7, 11) is 0. The van der Waals surface area contributed by atoms with Gasteiger partial charge >= 0.3 is 5.97 Å². The molecule has 1 heterocycles. The first-order valence-corrected chi connectivity index (χ1v) is 7.67. The number of halogens is 4. The third-order valence-corrected chi connectivity index (χ3v) is 4.61. The molecule has 0 unspecified atom stereocenters. The lowest BCUT2D eigenvalue weighted by Crippen LogP contribution is -1.99. The molecule has 0 amide bonds. The predicted molar refractivity (Wildman–Crippen MR) is 90.1 cm³/mol. The highest BCUT2D eigenvalue weighted by Crippen LogP contribution is 2.40. The number of aromatic nitrogens is 1. The molecule has 0 aliphatic carbocycles. The summed E-state index contributed by atoms with van der Waals surface area (Å²) in [5, 5.41) is 10.0. The maximum atomic E-state index is 14.5. The van der Waals surface area contributed by atoms with E-state index in [2.05, 4.69) is 4.98 Å². The Balaban J connectivity index is 2.23. The molecule has 118 valence electrons. The largest absolute Gasteiger partial charge is 0.481 e. The van der Waals surface area contributed by atoms with Crippen LogP contribution in [0.5, 0.6) is 0 Å². The molecule has 0 atom stereocenters. The summed E-state index contributed by atoms with van der Waals surface area (Å²) in [4.78, 5) is 13.7. The van der Waals surface area contributed by atoms with Crippen LogP contribution in [-0.2, 0) is 11.2 Å². The molecule has 2 aromatic carbocycles. The highest BCUT2D eigenvalue weighted by molar-refractivity contribution is 6.46. The molecule has 1 aromatic heterocycles. The van der Waals surface area contributed by atoms with E-state index in [0.717, 1.165) is 0 Å². The van der Waals surface area contributed by atoms with Crippen LogP contribution in [0, 0.1) is 5.82 Å². The highest BCUT2D eigenvalue weighted by atomic mass is 35.5. The number of benzene rings is 2. The monoisotopic (exact) mass is 371 g/mol. The van der Waals surface area contributed by atoms with Gasteiger partial charge in [-0.3, -0.25) is 4.79 Å². The standard InChI is InChI=1S/C16H9Cl3FNO2/c17-9-1-2-10(18)16(19)14(9)7-3-11(20)15-8(5-13(22)23)6-21-12(15)4-7/h1-4,6,21H,5H2,(H,22,23). The number of carboxylic acids is 1. The van der Waals surface area contributed by atoms with Gasteiger partial charge in [-0.15, -0.1) is 0 Å². The maximum Gasteiger partial charge on any atom is 0.307 e. The number of aromatic amines is 1. The number of hydrogen-bond donors (Lipinski definition) is 2. The molecule has 0 aliphatic rings. The van der Waals surface area contributed by atoms with Gasteiger partial charge in [0.15, 0.2) is 0 Å². The Kier molecular flexibility index (Phi) is 4.23. The topological polar surface area (TPSA) is 53.1 Å². The molecule has 3 nitrogen and oxygen atoms in total. The summed E-state index contributed by atoms with van der Waals surface area (Å²) < 4.78 is 14.5. The lowest BCUT2D eigenvalue weighted by molar-refractivity contribution is -0.136. The number of nitrogens with one attached hydrogen (secondary N) is 1. The molecular weight excluding hydrogens is 364 g/mol. The van der Waals surface area contributed by atoms with E-state index in [0.29, 0.717) is 32.3 Å². The fourth-order valence-corrected chi connectivity index (χ4v) is 3.27. The van der Waals surface area contributed by atoms with Crippen LogP contribution < -0.4 is 0 Å². The second-order valence-corrected chi connectivity index (χ2v) is 6.18. The van der Waals surface area contributed by atoms with Crippen molar-refractivity contribution in [2.45, 2.75) is 6.42 Å². The van der Waals surface area contributed by atoms with Crippen molar-refractivity contribution in [1.82, 2.24) is 4.98 Å². The quantitative estimate of drug-likeness (QED) is 0.591. The summed E-state index contributed by atoms with van der Waals surface area (Å²) in [6, 6.07) is 6.07. The first-order valence-electron chi connectivity index (χ1n) is 6.53. The third-order valence-electron chi connectivity index (χ3n) is 3.49. The third kappa shape index (κ3) is 2.90. The number of hydrogen-bond acceptors (Lipinski definition) is 1. The molecular formula is C16H9Cl3FNO2. The Morgan fingerprint density at radius 1 is 1.17 bits per heavy atom. The minimum Gasteiger partial charge on any atom is -0.481 e. The fraction of sp³-hybridized carbons (Fsp3) is 0.0625. The van der Waals surface area contributed by atoms with Gasteiger partial charge in [0.1, 0.15) is 5.82 Å². The highest BCUT2D eigenvalue weighted by Gasteiger charge is 2.17. The van der Waals surface area contributed by atoms with E-state index >= 15 is 0 Å². The van der Waals surface area contributed by atoms with E-state index in [1.807, 2.05) is 0 Å². The fourth-order valence-electron chi connectivity index (χ4n) is 2.52. The van der Waals surface area contributed by atoms with Gasteiger partial charge in [0, 0.05) is 27.7 Å². The minimum absolute atomic E-state index is 0.232. The Morgan fingerprint density at radius 3 is 2.57 bits per heavy atom. The smallest absolute Gasteiger partial charge is 0.307 e. The average Bonchev–Trinajstić information content (AvgIpc) is 2.86. The zero-order valence-electron chi connectivity index (χ0n) is 11.5. The van der Waals surface area contributed by atoms with Crippen molar-refractivity contribution in [3.05, 3.63) is 56.9 Å². The van der Waals surface area contributed by atoms with Gasteiger partial charge in [-0.25, -0.2) is 4.39 Å². The van der Waals surface area contributed by atoms with Crippen LogP contribution in [-0.4, -0.2) is 16.1 Å². The molecule has 0 spiro atoms. The van der Waals surface area contributed by atoms with Crippen LogP contribution in [0.25, 0.3) is 22.0 Å². The van der Waals surface area contributed by atoms with Crippen LogP contribution in [0.4, 0.5) is 4.39 Å². The molecule has 0 saturated carbocycles. The van der Waals surface area contributed by atoms with Crippen LogP contribution >= 0.6 is 34.8 Å². The van der Waals surface area contributed by atoms with Gasteiger partial charge in [0.2, 0.25) is 0 Å². The Labute approximate surface area is 145 Å². The van der Waals surface area contributed by atoms with Gasteiger partial charge in [0.25, 0.3) is 0 Å². The van der Waals surface area contributed by atoms with E-state index in [1.54, 1.807) is 18.2 Å². The van der Waals surface area contributed by atoms with Crippen molar-refractivity contribution >= 4 is 51.7 Å². The van der Waals surface area contributed by atoms with E-state index in [9.17, 15) is 9.18 Å². The molecule has 0 radical (unpaired) electrons. The van der Waals surface area contributed by atoms with E-state index in [4.69, 9.17) is 39.9 Å². The van der Waals surface area contributed by atoms with Crippen molar-refractivity contribution in [2.24, 2.45) is 0 Å². The maximum absolute atomic E-state index is 14.5. The molecule has 3 aromatic rings. The van der Waals surface area contributed by atoms with E-state index in [1.165, 1.54) is 12.3 Å². The summed E-state index contributed by atoms with van der Waals surface area (Å²) in [6.07, 6.45) is 1.21. The van der Waals surface area contributed by atoms with Crippen molar-refractivity contribution in [3.8, 4) is 11.1 Å². The Morgan fingerprint density at radius 2 is 1.87 bits per heavy atom.